The molecule has 0 heterocycles. The van der Waals surface area contributed by atoms with Crippen molar-refractivity contribution in [3.63, 3.8) is 0 Å². The number of hydrogen-bond donors (Lipinski definition) is 0. The topological polar surface area (TPSA) is 0 Å². The molecule has 0 nitrogen and oxygen atoms in total. The summed E-state index contributed by atoms with van der Waals surface area (Å²) in [6.45, 7) is 6.97. The lowest BCUT2D eigenvalue weighted by Crippen LogP contribution is -1.99. The largest absolute Gasteiger partial charge is 0.0654 e. The van der Waals surface area contributed by atoms with E-state index in [4.69, 9.17) is 0 Å². The molecule has 0 N–H and O–H groups in total. The van der Waals surface area contributed by atoms with Gasteiger partial charge in [-0.15, -0.1) is 0 Å². The molecule has 0 amide bonds. The van der Waals surface area contributed by atoms with Crippen molar-refractivity contribution in [2.45, 2.75) is 104 Å². The average molecular weight is 240 g/mol. The number of rotatable bonds is 13. The first kappa shape index (κ1) is 17.0. The van der Waals surface area contributed by atoms with Gasteiger partial charge in [0.05, 0.1) is 0 Å². The molecule has 0 heteroatoms. The van der Waals surface area contributed by atoms with Gasteiger partial charge in [-0.25, -0.2) is 0 Å². The van der Waals surface area contributed by atoms with Gasteiger partial charge in [-0.2, -0.15) is 0 Å². The zero-order chi connectivity index (χ0) is 12.8. The zero-order valence-corrected chi connectivity index (χ0v) is 12.8. The first-order chi connectivity index (χ1) is 8.35. The standard InChI is InChI=1S/C17H36/c1-4-7-9-11-12-14-16-17(6-3)15-13-10-8-5-2/h17H,4-16H2,1-3H3. The monoisotopic (exact) mass is 240 g/mol. The van der Waals surface area contributed by atoms with E-state index in [1.807, 2.05) is 0 Å². The summed E-state index contributed by atoms with van der Waals surface area (Å²) in [6, 6.07) is 0. The van der Waals surface area contributed by atoms with Crippen LogP contribution in [0.3, 0.4) is 0 Å². The molecule has 0 aliphatic rings. The van der Waals surface area contributed by atoms with Gasteiger partial charge in [0, 0.05) is 0 Å². The summed E-state index contributed by atoms with van der Waals surface area (Å²) in [5.41, 5.74) is 0. The van der Waals surface area contributed by atoms with Crippen LogP contribution in [0.5, 0.6) is 0 Å². The molecule has 0 radical (unpaired) electrons. The molecular formula is C17H36. The minimum Gasteiger partial charge on any atom is -0.0654 e. The highest BCUT2D eigenvalue weighted by Gasteiger charge is 2.05. The van der Waals surface area contributed by atoms with E-state index in [0.29, 0.717) is 0 Å². The van der Waals surface area contributed by atoms with Crippen molar-refractivity contribution in [1.82, 2.24) is 0 Å². The maximum atomic E-state index is 2.38. The molecule has 1 atom stereocenters. The highest BCUT2D eigenvalue weighted by atomic mass is 14.1. The van der Waals surface area contributed by atoms with Gasteiger partial charge < -0.3 is 0 Å². The van der Waals surface area contributed by atoms with Crippen molar-refractivity contribution in [3.05, 3.63) is 0 Å². The summed E-state index contributed by atoms with van der Waals surface area (Å²) >= 11 is 0. The minimum absolute atomic E-state index is 1.03. The van der Waals surface area contributed by atoms with Crippen LogP contribution in [0.2, 0.25) is 0 Å². The van der Waals surface area contributed by atoms with E-state index in [1.54, 1.807) is 0 Å². The first-order valence-electron chi connectivity index (χ1n) is 8.35. The molecule has 0 fully saturated rings. The van der Waals surface area contributed by atoms with Crippen LogP contribution >= 0.6 is 0 Å². The Morgan fingerprint density at radius 1 is 0.529 bits per heavy atom. The lowest BCUT2D eigenvalue weighted by atomic mass is 9.92. The van der Waals surface area contributed by atoms with Gasteiger partial charge >= 0.3 is 0 Å². The molecule has 0 saturated carbocycles. The van der Waals surface area contributed by atoms with Crippen molar-refractivity contribution in [2.24, 2.45) is 5.92 Å². The van der Waals surface area contributed by atoms with E-state index in [9.17, 15) is 0 Å². The molecule has 0 rings (SSSR count). The van der Waals surface area contributed by atoms with Crippen molar-refractivity contribution < 1.29 is 0 Å². The Labute approximate surface area is 111 Å². The fourth-order valence-corrected chi connectivity index (χ4v) is 2.63. The molecule has 1 unspecified atom stereocenters. The van der Waals surface area contributed by atoms with Crippen LogP contribution in [-0.4, -0.2) is 0 Å². The zero-order valence-electron chi connectivity index (χ0n) is 12.8. The molecule has 17 heavy (non-hydrogen) atoms. The lowest BCUT2D eigenvalue weighted by Gasteiger charge is -2.14. The van der Waals surface area contributed by atoms with Crippen LogP contribution in [-0.2, 0) is 0 Å². The molecule has 0 aromatic heterocycles. The van der Waals surface area contributed by atoms with Gasteiger partial charge in [0.2, 0.25) is 0 Å². The van der Waals surface area contributed by atoms with Crippen molar-refractivity contribution in [3.8, 4) is 0 Å². The second kappa shape index (κ2) is 14.1. The molecule has 0 aromatic rings. The summed E-state index contributed by atoms with van der Waals surface area (Å²) in [5.74, 6) is 1.03. The Hall–Kier alpha value is 0. The maximum absolute atomic E-state index is 2.38. The Morgan fingerprint density at radius 3 is 1.41 bits per heavy atom. The van der Waals surface area contributed by atoms with Crippen LogP contribution in [0.1, 0.15) is 104 Å². The Balaban J connectivity index is 3.28. The van der Waals surface area contributed by atoms with Crippen molar-refractivity contribution in [1.29, 1.82) is 0 Å². The van der Waals surface area contributed by atoms with E-state index in [0.717, 1.165) is 5.92 Å². The summed E-state index contributed by atoms with van der Waals surface area (Å²) in [4.78, 5) is 0. The maximum Gasteiger partial charge on any atom is -0.0417 e. The fraction of sp³-hybridized carbons (Fsp3) is 1.00. The van der Waals surface area contributed by atoms with E-state index in [1.165, 1.54) is 83.5 Å². The van der Waals surface area contributed by atoms with Gasteiger partial charge in [0.25, 0.3) is 0 Å². The molecular weight excluding hydrogens is 204 g/mol. The van der Waals surface area contributed by atoms with E-state index < -0.39 is 0 Å². The van der Waals surface area contributed by atoms with Gasteiger partial charge in [-0.05, 0) is 5.92 Å². The van der Waals surface area contributed by atoms with Gasteiger partial charge in [-0.3, -0.25) is 0 Å². The molecule has 0 saturated heterocycles. The first-order valence-corrected chi connectivity index (χ1v) is 8.35. The van der Waals surface area contributed by atoms with Crippen LogP contribution in [0, 0.1) is 5.92 Å². The van der Waals surface area contributed by atoms with Crippen LogP contribution < -0.4 is 0 Å². The van der Waals surface area contributed by atoms with Crippen LogP contribution in [0.25, 0.3) is 0 Å². The Bertz CT molecular complexity index is 128. The van der Waals surface area contributed by atoms with Crippen LogP contribution in [0.4, 0.5) is 0 Å². The summed E-state index contributed by atoms with van der Waals surface area (Å²) in [7, 11) is 0. The van der Waals surface area contributed by atoms with Crippen molar-refractivity contribution >= 4 is 0 Å². The normalized spacial score (nSPS) is 12.9. The van der Waals surface area contributed by atoms with E-state index >= 15 is 0 Å². The Morgan fingerprint density at radius 2 is 0.941 bits per heavy atom. The third-order valence-corrected chi connectivity index (χ3v) is 4.01. The highest BCUT2D eigenvalue weighted by molar-refractivity contribution is 4.58. The predicted octanol–water partition coefficient (Wildman–Crippen LogP) is 6.73. The van der Waals surface area contributed by atoms with E-state index in [-0.39, 0.29) is 0 Å². The molecule has 0 bridgehead atoms. The third kappa shape index (κ3) is 12.2. The smallest absolute Gasteiger partial charge is 0.0417 e. The molecule has 0 aliphatic heterocycles. The predicted molar refractivity (Wildman–Crippen MR) is 80.5 cm³/mol. The fourth-order valence-electron chi connectivity index (χ4n) is 2.63. The molecule has 0 aromatic carbocycles. The number of hydrogen-bond acceptors (Lipinski definition) is 0. The summed E-state index contributed by atoms with van der Waals surface area (Å²) in [5, 5.41) is 0. The molecule has 104 valence electrons. The summed E-state index contributed by atoms with van der Waals surface area (Å²) in [6.07, 6.45) is 18.8. The average Bonchev–Trinajstić information content (AvgIpc) is 2.36. The SMILES string of the molecule is CCCCCCCCC(CC)CCCCCC. The Kier molecular flexibility index (Phi) is 14.1. The molecule has 0 spiro atoms. The lowest BCUT2D eigenvalue weighted by molar-refractivity contribution is 0.394. The highest BCUT2D eigenvalue weighted by Crippen LogP contribution is 2.21. The van der Waals surface area contributed by atoms with Gasteiger partial charge in [0.15, 0.2) is 0 Å². The third-order valence-electron chi connectivity index (χ3n) is 4.01. The quantitative estimate of drug-likeness (QED) is 0.313. The second-order valence-corrected chi connectivity index (χ2v) is 5.68. The number of unbranched alkanes of at least 4 members (excludes halogenated alkanes) is 8. The minimum atomic E-state index is 1.03. The van der Waals surface area contributed by atoms with Crippen molar-refractivity contribution in [2.75, 3.05) is 0 Å². The van der Waals surface area contributed by atoms with Gasteiger partial charge in [-0.1, -0.05) is 104 Å². The van der Waals surface area contributed by atoms with Crippen LogP contribution in [0.15, 0.2) is 0 Å². The summed E-state index contributed by atoms with van der Waals surface area (Å²) < 4.78 is 0. The van der Waals surface area contributed by atoms with E-state index in [2.05, 4.69) is 20.8 Å². The molecule has 0 aliphatic carbocycles. The van der Waals surface area contributed by atoms with Gasteiger partial charge in [0.1, 0.15) is 0 Å². The second-order valence-electron chi connectivity index (χ2n) is 5.68.